The van der Waals surface area contributed by atoms with E-state index in [2.05, 4.69) is 0 Å². The molecular formula is C19H22O5. The van der Waals surface area contributed by atoms with Crippen molar-refractivity contribution in [3.63, 3.8) is 0 Å². The van der Waals surface area contributed by atoms with Crippen LogP contribution in [0, 0.1) is 6.92 Å². The molecule has 0 saturated heterocycles. The Morgan fingerprint density at radius 3 is 2.08 bits per heavy atom. The molecule has 2 aromatic rings. The highest BCUT2D eigenvalue weighted by Crippen LogP contribution is 2.52. The lowest BCUT2D eigenvalue weighted by Crippen LogP contribution is -2.24. The maximum Gasteiger partial charge on any atom is 0.308 e. The van der Waals surface area contributed by atoms with Crippen molar-refractivity contribution in [2.75, 3.05) is 0 Å². The number of phenolic OH excluding ortho intramolecular Hbond substituents is 2. The van der Waals surface area contributed by atoms with Gasteiger partial charge >= 0.3 is 5.97 Å². The summed E-state index contributed by atoms with van der Waals surface area (Å²) in [7, 11) is 0. The largest absolute Gasteiger partial charge is 0.507 e. The third-order valence-corrected chi connectivity index (χ3v) is 3.31. The number of esters is 1. The molecule has 2 rings (SSSR count). The van der Waals surface area contributed by atoms with Crippen molar-refractivity contribution in [3.8, 4) is 34.1 Å². The topological polar surface area (TPSA) is 76.0 Å². The van der Waals surface area contributed by atoms with Crippen molar-refractivity contribution in [1.82, 2.24) is 0 Å². The van der Waals surface area contributed by atoms with Crippen LogP contribution in [0.15, 0.2) is 30.3 Å². The van der Waals surface area contributed by atoms with E-state index < -0.39 is 11.6 Å². The van der Waals surface area contributed by atoms with Gasteiger partial charge in [-0.2, -0.15) is 0 Å². The number of phenols is 2. The molecule has 5 nitrogen and oxygen atoms in total. The molecule has 0 saturated carbocycles. The van der Waals surface area contributed by atoms with Gasteiger partial charge in [0.05, 0.1) is 5.56 Å². The van der Waals surface area contributed by atoms with Gasteiger partial charge in [-0.25, -0.2) is 0 Å². The first-order valence-corrected chi connectivity index (χ1v) is 7.63. The molecule has 128 valence electrons. The van der Waals surface area contributed by atoms with E-state index in [0.717, 1.165) is 0 Å². The lowest BCUT2D eigenvalue weighted by atomic mass is 9.98. The van der Waals surface area contributed by atoms with E-state index in [9.17, 15) is 15.0 Å². The molecule has 0 fully saturated rings. The molecule has 0 bridgehead atoms. The molecule has 5 heteroatoms. The molecule has 2 aromatic carbocycles. The Kier molecular flexibility index (Phi) is 4.73. The summed E-state index contributed by atoms with van der Waals surface area (Å²) >= 11 is 0. The van der Waals surface area contributed by atoms with Gasteiger partial charge in [0.1, 0.15) is 11.4 Å². The number of carbonyl (C=O) groups is 1. The van der Waals surface area contributed by atoms with Crippen LogP contribution in [0.5, 0.6) is 23.0 Å². The molecule has 0 aliphatic rings. The molecule has 2 N–H and O–H groups in total. The fourth-order valence-electron chi connectivity index (χ4n) is 2.34. The molecule has 24 heavy (non-hydrogen) atoms. The van der Waals surface area contributed by atoms with Crippen LogP contribution in [0.3, 0.4) is 0 Å². The van der Waals surface area contributed by atoms with E-state index in [4.69, 9.17) is 9.47 Å². The molecule has 0 aromatic heterocycles. The smallest absolute Gasteiger partial charge is 0.308 e. The first-order chi connectivity index (χ1) is 11.1. The van der Waals surface area contributed by atoms with Crippen molar-refractivity contribution >= 4 is 5.97 Å². The predicted octanol–water partition coefficient (Wildman–Crippen LogP) is 4.18. The van der Waals surface area contributed by atoms with Crippen LogP contribution >= 0.6 is 0 Å². The molecule has 0 heterocycles. The lowest BCUT2D eigenvalue weighted by molar-refractivity contribution is -0.132. The minimum absolute atomic E-state index is 0.0911. The van der Waals surface area contributed by atoms with E-state index >= 15 is 0 Å². The summed E-state index contributed by atoms with van der Waals surface area (Å²) in [5.74, 6) is -0.986. The van der Waals surface area contributed by atoms with Gasteiger partial charge < -0.3 is 19.7 Å². The fraction of sp³-hybridized carbons (Fsp3) is 0.316. The van der Waals surface area contributed by atoms with Gasteiger partial charge in [-0.1, -0.05) is 30.3 Å². The Labute approximate surface area is 141 Å². The summed E-state index contributed by atoms with van der Waals surface area (Å²) in [4.78, 5) is 11.5. The molecule has 0 aliphatic carbocycles. The van der Waals surface area contributed by atoms with Crippen molar-refractivity contribution < 1.29 is 24.5 Å². The summed E-state index contributed by atoms with van der Waals surface area (Å²) in [5, 5.41) is 21.2. The second kappa shape index (κ2) is 6.43. The fourth-order valence-corrected chi connectivity index (χ4v) is 2.34. The Morgan fingerprint density at radius 2 is 1.58 bits per heavy atom. The average molecular weight is 330 g/mol. The first kappa shape index (κ1) is 17.7. The van der Waals surface area contributed by atoms with E-state index in [1.165, 1.54) is 6.92 Å². The summed E-state index contributed by atoms with van der Waals surface area (Å²) < 4.78 is 11.0. The Morgan fingerprint density at radius 1 is 1.00 bits per heavy atom. The maximum absolute atomic E-state index is 11.5. The van der Waals surface area contributed by atoms with E-state index in [0.29, 0.717) is 11.1 Å². The molecule has 0 radical (unpaired) electrons. The molecule has 0 aliphatic heterocycles. The monoisotopic (exact) mass is 330 g/mol. The highest BCUT2D eigenvalue weighted by molar-refractivity contribution is 5.85. The van der Waals surface area contributed by atoms with E-state index in [1.54, 1.807) is 31.2 Å². The van der Waals surface area contributed by atoms with Crippen LogP contribution in [-0.2, 0) is 4.79 Å². The van der Waals surface area contributed by atoms with Crippen LogP contribution < -0.4 is 9.47 Å². The number of ether oxygens (including phenoxy) is 2. The lowest BCUT2D eigenvalue weighted by Gasteiger charge is -2.26. The maximum atomic E-state index is 11.5. The summed E-state index contributed by atoms with van der Waals surface area (Å²) in [6.07, 6.45) is 0. The highest BCUT2D eigenvalue weighted by atomic mass is 16.6. The van der Waals surface area contributed by atoms with Gasteiger partial charge in [0.15, 0.2) is 11.5 Å². The predicted molar refractivity (Wildman–Crippen MR) is 91.6 cm³/mol. The average Bonchev–Trinajstić information content (AvgIpc) is 2.48. The summed E-state index contributed by atoms with van der Waals surface area (Å²) in [6.45, 7) is 8.36. The van der Waals surface area contributed by atoms with E-state index in [-0.39, 0.29) is 28.6 Å². The summed E-state index contributed by atoms with van der Waals surface area (Å²) in [5.41, 5.74) is 0.585. The van der Waals surface area contributed by atoms with Crippen molar-refractivity contribution in [3.05, 3.63) is 35.9 Å². The number of hydrogen-bond donors (Lipinski definition) is 2. The van der Waals surface area contributed by atoms with Crippen LogP contribution in [0.4, 0.5) is 0 Å². The molecular weight excluding hydrogens is 308 g/mol. The van der Waals surface area contributed by atoms with Gasteiger partial charge in [-0.15, -0.1) is 0 Å². The normalized spacial score (nSPS) is 11.2. The van der Waals surface area contributed by atoms with Crippen LogP contribution in [0.2, 0.25) is 0 Å². The number of benzene rings is 2. The van der Waals surface area contributed by atoms with Crippen molar-refractivity contribution in [2.24, 2.45) is 0 Å². The number of rotatable bonds is 3. The van der Waals surface area contributed by atoms with Gasteiger partial charge in [-0.05, 0) is 33.3 Å². The van der Waals surface area contributed by atoms with Crippen molar-refractivity contribution in [2.45, 2.75) is 40.2 Å². The third kappa shape index (κ3) is 3.62. The minimum Gasteiger partial charge on any atom is -0.507 e. The van der Waals surface area contributed by atoms with Gasteiger partial charge in [0, 0.05) is 12.5 Å². The van der Waals surface area contributed by atoms with Crippen molar-refractivity contribution in [1.29, 1.82) is 0 Å². The zero-order chi connectivity index (χ0) is 18.1. The second-order valence-corrected chi connectivity index (χ2v) is 6.53. The first-order valence-electron chi connectivity index (χ1n) is 7.63. The Balaban J connectivity index is 2.77. The standard InChI is InChI=1S/C19H22O5/c1-11-15(21)14(13-9-7-6-8-10-13)16(22)18(23-12(2)20)17(11)24-19(3,4)5/h6-10,21-22H,1-5H3. The quantitative estimate of drug-likeness (QED) is 0.652. The number of hydrogen-bond acceptors (Lipinski definition) is 5. The van der Waals surface area contributed by atoms with Crippen LogP contribution in [-0.4, -0.2) is 21.8 Å². The van der Waals surface area contributed by atoms with Gasteiger partial charge in [0.25, 0.3) is 0 Å². The summed E-state index contributed by atoms with van der Waals surface area (Å²) in [6, 6.07) is 8.89. The van der Waals surface area contributed by atoms with Crippen LogP contribution in [0.25, 0.3) is 11.1 Å². The molecule has 0 spiro atoms. The highest BCUT2D eigenvalue weighted by Gasteiger charge is 2.28. The molecule has 0 unspecified atom stereocenters. The Hall–Kier alpha value is -2.69. The Bertz CT molecular complexity index is 758. The molecule has 0 atom stereocenters. The zero-order valence-electron chi connectivity index (χ0n) is 14.5. The van der Waals surface area contributed by atoms with Gasteiger partial charge in [0.2, 0.25) is 5.75 Å². The van der Waals surface area contributed by atoms with E-state index in [1.807, 2.05) is 26.8 Å². The second-order valence-electron chi connectivity index (χ2n) is 6.53. The minimum atomic E-state index is -0.604. The number of aromatic hydroxyl groups is 2. The SMILES string of the molecule is CC(=O)Oc1c(O)c(-c2ccccc2)c(O)c(C)c1OC(C)(C)C. The number of carbonyl (C=O) groups excluding carboxylic acids is 1. The molecule has 0 amide bonds. The van der Waals surface area contributed by atoms with Gasteiger partial charge in [-0.3, -0.25) is 4.79 Å². The van der Waals surface area contributed by atoms with Crippen LogP contribution in [0.1, 0.15) is 33.3 Å². The zero-order valence-corrected chi connectivity index (χ0v) is 14.5. The third-order valence-electron chi connectivity index (χ3n) is 3.31.